The average molecular weight is 275 g/mol. The summed E-state index contributed by atoms with van der Waals surface area (Å²) in [4.78, 5) is 10.8. The second-order valence-corrected chi connectivity index (χ2v) is 5.89. The molecular formula is C13H29N3O3. The number of amides is 1. The van der Waals surface area contributed by atoms with Crippen molar-refractivity contribution in [1.29, 1.82) is 0 Å². The Labute approximate surface area is 116 Å². The Kier molecular flexibility index (Phi) is 8.17. The molecule has 0 fully saturated rings. The summed E-state index contributed by atoms with van der Waals surface area (Å²) in [6.45, 7) is 9.72. The number of carbonyl (C=O) groups is 1. The van der Waals surface area contributed by atoms with Crippen LogP contribution in [-0.2, 0) is 14.3 Å². The fourth-order valence-electron chi connectivity index (χ4n) is 1.53. The van der Waals surface area contributed by atoms with Gasteiger partial charge in [-0.05, 0) is 40.5 Å². The lowest BCUT2D eigenvalue weighted by Gasteiger charge is -2.29. The number of hydrogen-bond acceptors (Lipinski definition) is 5. The van der Waals surface area contributed by atoms with E-state index >= 15 is 0 Å². The number of primary amides is 1. The van der Waals surface area contributed by atoms with Gasteiger partial charge < -0.3 is 15.2 Å². The van der Waals surface area contributed by atoms with Crippen LogP contribution in [0.2, 0.25) is 0 Å². The first kappa shape index (κ1) is 18.3. The number of nitrogens with two attached hydrogens (primary N) is 2. The summed E-state index contributed by atoms with van der Waals surface area (Å²) in [7, 11) is 0. The molecule has 0 aliphatic heterocycles. The standard InChI is InChI=1S/C13H29N3O3/c1-12(2,6-5-11(14)17)18-9-7-13(3,4)19-10-8-16-15/h16H,5-10,15H2,1-4H3,(H2,14,17). The zero-order chi connectivity index (χ0) is 14.9. The Bertz CT molecular complexity index is 268. The van der Waals surface area contributed by atoms with E-state index in [9.17, 15) is 4.79 Å². The molecule has 0 heterocycles. The van der Waals surface area contributed by atoms with Crippen molar-refractivity contribution in [1.82, 2.24) is 5.43 Å². The first-order chi connectivity index (χ1) is 8.68. The lowest BCUT2D eigenvalue weighted by Crippen LogP contribution is -2.34. The van der Waals surface area contributed by atoms with Crippen LogP contribution in [0, 0.1) is 0 Å². The van der Waals surface area contributed by atoms with Crippen LogP contribution in [-0.4, -0.2) is 36.9 Å². The molecule has 0 radical (unpaired) electrons. The van der Waals surface area contributed by atoms with Gasteiger partial charge in [0, 0.05) is 13.0 Å². The Morgan fingerprint density at radius 3 is 2.11 bits per heavy atom. The van der Waals surface area contributed by atoms with E-state index in [1.165, 1.54) is 0 Å². The van der Waals surface area contributed by atoms with Gasteiger partial charge in [-0.1, -0.05) is 0 Å². The Morgan fingerprint density at radius 2 is 1.58 bits per heavy atom. The molecule has 0 unspecified atom stereocenters. The molecule has 0 aliphatic rings. The van der Waals surface area contributed by atoms with E-state index in [-0.39, 0.29) is 17.1 Å². The van der Waals surface area contributed by atoms with Gasteiger partial charge >= 0.3 is 0 Å². The van der Waals surface area contributed by atoms with Gasteiger partial charge in [0.2, 0.25) is 5.91 Å². The van der Waals surface area contributed by atoms with Crippen LogP contribution >= 0.6 is 0 Å². The summed E-state index contributed by atoms with van der Waals surface area (Å²) < 4.78 is 11.5. The van der Waals surface area contributed by atoms with E-state index in [0.29, 0.717) is 32.6 Å². The maximum absolute atomic E-state index is 10.8. The SMILES string of the molecule is CC(C)(CCOC(C)(C)CCC(N)=O)OCCNN. The van der Waals surface area contributed by atoms with E-state index < -0.39 is 0 Å². The first-order valence-corrected chi connectivity index (χ1v) is 6.68. The van der Waals surface area contributed by atoms with Crippen molar-refractivity contribution in [3.8, 4) is 0 Å². The van der Waals surface area contributed by atoms with Crippen LogP contribution in [0.5, 0.6) is 0 Å². The highest BCUT2D eigenvalue weighted by Gasteiger charge is 2.23. The van der Waals surface area contributed by atoms with Crippen molar-refractivity contribution >= 4 is 5.91 Å². The molecule has 0 aromatic heterocycles. The number of carbonyl (C=O) groups excluding carboxylic acids is 1. The highest BCUT2D eigenvalue weighted by molar-refractivity contribution is 5.73. The lowest BCUT2D eigenvalue weighted by atomic mass is 10.0. The minimum atomic E-state index is -0.343. The molecule has 0 spiro atoms. The minimum absolute atomic E-state index is 0.253. The van der Waals surface area contributed by atoms with Crippen LogP contribution in [0.3, 0.4) is 0 Å². The molecule has 6 heteroatoms. The first-order valence-electron chi connectivity index (χ1n) is 6.68. The maximum atomic E-state index is 10.8. The molecule has 19 heavy (non-hydrogen) atoms. The molecule has 114 valence electrons. The number of hydrazine groups is 1. The molecule has 0 bridgehead atoms. The second-order valence-electron chi connectivity index (χ2n) is 5.89. The highest BCUT2D eigenvalue weighted by atomic mass is 16.5. The summed E-state index contributed by atoms with van der Waals surface area (Å²) >= 11 is 0. The van der Waals surface area contributed by atoms with Crippen LogP contribution in [0.4, 0.5) is 0 Å². The number of nitrogens with one attached hydrogen (secondary N) is 1. The van der Waals surface area contributed by atoms with Crippen LogP contribution < -0.4 is 17.0 Å². The molecule has 0 atom stereocenters. The molecule has 0 aromatic rings. The molecule has 0 rings (SSSR count). The Balaban J connectivity index is 3.89. The van der Waals surface area contributed by atoms with Gasteiger partial charge in [0.05, 0.1) is 24.4 Å². The van der Waals surface area contributed by atoms with Crippen LogP contribution in [0.1, 0.15) is 47.0 Å². The summed E-state index contributed by atoms with van der Waals surface area (Å²) in [5, 5.41) is 0. The summed E-state index contributed by atoms with van der Waals surface area (Å²) in [5.41, 5.74) is 7.09. The zero-order valence-corrected chi connectivity index (χ0v) is 12.6. The second kappa shape index (κ2) is 8.47. The summed E-state index contributed by atoms with van der Waals surface area (Å²) in [6.07, 6.45) is 1.74. The van der Waals surface area contributed by atoms with E-state index in [2.05, 4.69) is 5.43 Å². The fourth-order valence-corrected chi connectivity index (χ4v) is 1.53. The van der Waals surface area contributed by atoms with Gasteiger partial charge in [-0.25, -0.2) is 0 Å². The highest BCUT2D eigenvalue weighted by Crippen LogP contribution is 2.20. The Hall–Kier alpha value is -0.690. The third kappa shape index (κ3) is 10.9. The van der Waals surface area contributed by atoms with Crippen molar-refractivity contribution in [3.05, 3.63) is 0 Å². The van der Waals surface area contributed by atoms with E-state index in [4.69, 9.17) is 21.1 Å². The third-order valence-corrected chi connectivity index (χ3v) is 2.91. The minimum Gasteiger partial charge on any atom is -0.375 e. The van der Waals surface area contributed by atoms with Gasteiger partial charge in [0.25, 0.3) is 0 Å². The molecule has 5 N–H and O–H groups in total. The zero-order valence-electron chi connectivity index (χ0n) is 12.6. The molecule has 0 aromatic carbocycles. The van der Waals surface area contributed by atoms with Crippen LogP contribution in [0.25, 0.3) is 0 Å². The molecular weight excluding hydrogens is 246 g/mol. The van der Waals surface area contributed by atoms with Crippen molar-refractivity contribution in [2.75, 3.05) is 19.8 Å². The monoisotopic (exact) mass is 275 g/mol. The Morgan fingerprint density at radius 1 is 1.05 bits per heavy atom. The molecule has 0 saturated heterocycles. The largest absolute Gasteiger partial charge is 0.375 e. The lowest BCUT2D eigenvalue weighted by molar-refractivity contribution is -0.120. The fraction of sp³-hybridized carbons (Fsp3) is 0.923. The quantitative estimate of drug-likeness (QED) is 0.293. The van der Waals surface area contributed by atoms with Gasteiger partial charge in [-0.15, -0.1) is 0 Å². The van der Waals surface area contributed by atoms with Crippen LogP contribution in [0.15, 0.2) is 0 Å². The van der Waals surface area contributed by atoms with E-state index in [0.717, 1.165) is 6.42 Å². The normalized spacial score (nSPS) is 12.7. The molecule has 0 saturated carbocycles. The van der Waals surface area contributed by atoms with Gasteiger partial charge in [-0.2, -0.15) is 0 Å². The molecule has 1 amide bonds. The number of ether oxygens (including phenoxy) is 2. The van der Waals surface area contributed by atoms with Crippen molar-refractivity contribution in [3.63, 3.8) is 0 Å². The van der Waals surface area contributed by atoms with Gasteiger partial charge in [0.15, 0.2) is 0 Å². The molecule has 0 aliphatic carbocycles. The van der Waals surface area contributed by atoms with E-state index in [1.54, 1.807) is 0 Å². The predicted octanol–water partition coefficient (Wildman–Crippen LogP) is 0.696. The molecule has 6 nitrogen and oxygen atoms in total. The average Bonchev–Trinajstić information content (AvgIpc) is 2.26. The summed E-state index contributed by atoms with van der Waals surface area (Å²) in [5.74, 6) is 4.88. The van der Waals surface area contributed by atoms with Crippen molar-refractivity contribution in [2.24, 2.45) is 11.6 Å². The number of rotatable bonds is 11. The van der Waals surface area contributed by atoms with Gasteiger partial charge in [0.1, 0.15) is 0 Å². The summed E-state index contributed by atoms with van der Waals surface area (Å²) in [6, 6.07) is 0. The van der Waals surface area contributed by atoms with Crippen molar-refractivity contribution < 1.29 is 14.3 Å². The smallest absolute Gasteiger partial charge is 0.217 e. The van der Waals surface area contributed by atoms with Gasteiger partial charge in [-0.3, -0.25) is 16.1 Å². The van der Waals surface area contributed by atoms with E-state index in [1.807, 2.05) is 27.7 Å². The number of hydrogen-bond donors (Lipinski definition) is 3. The topological polar surface area (TPSA) is 99.6 Å². The third-order valence-electron chi connectivity index (χ3n) is 2.91. The predicted molar refractivity (Wildman–Crippen MR) is 75.3 cm³/mol. The van der Waals surface area contributed by atoms with Crippen molar-refractivity contribution in [2.45, 2.75) is 58.2 Å². The maximum Gasteiger partial charge on any atom is 0.217 e.